The second-order valence-electron chi connectivity index (χ2n) is 8.17. The number of amides is 1. The van der Waals surface area contributed by atoms with Gasteiger partial charge in [0.05, 0.1) is 14.2 Å². The maximum absolute atomic E-state index is 12.6. The summed E-state index contributed by atoms with van der Waals surface area (Å²) >= 11 is 0. The van der Waals surface area contributed by atoms with Crippen molar-refractivity contribution in [2.24, 2.45) is 0 Å². The average molecular weight is 433 g/mol. The molecule has 0 saturated carbocycles. The fourth-order valence-corrected chi connectivity index (χ4v) is 3.12. The third-order valence-electron chi connectivity index (χ3n) is 4.73. The Morgan fingerprint density at radius 1 is 0.969 bits per heavy atom. The third kappa shape index (κ3) is 5.88. The molecule has 0 aliphatic rings. The number of carbonyl (C=O) groups excluding carboxylic acids is 1. The van der Waals surface area contributed by atoms with Crippen LogP contribution in [0.1, 0.15) is 31.9 Å². The average Bonchev–Trinajstić information content (AvgIpc) is 2.78. The van der Waals surface area contributed by atoms with Crippen molar-refractivity contribution < 1.29 is 19.0 Å². The Labute approximate surface area is 188 Å². The molecule has 1 N–H and O–H groups in total. The number of aromatic nitrogens is 1. The summed E-state index contributed by atoms with van der Waals surface area (Å²) in [4.78, 5) is 16.9. The number of anilines is 1. The molecule has 0 radical (unpaired) electrons. The molecule has 0 saturated heterocycles. The lowest BCUT2D eigenvalue weighted by molar-refractivity contribution is -0.111. The van der Waals surface area contributed by atoms with Crippen LogP contribution in [0.15, 0.2) is 66.9 Å². The van der Waals surface area contributed by atoms with E-state index in [-0.39, 0.29) is 11.3 Å². The first-order valence-corrected chi connectivity index (χ1v) is 10.2. The first-order chi connectivity index (χ1) is 15.3. The lowest BCUT2D eigenvalue weighted by Crippen LogP contribution is -2.13. The molecular weight excluding hydrogens is 404 g/mol. The number of nitrogens with one attached hydrogen (secondary N) is 1. The van der Waals surface area contributed by atoms with Crippen LogP contribution >= 0.6 is 0 Å². The summed E-state index contributed by atoms with van der Waals surface area (Å²) in [5.41, 5.74) is 2.21. The van der Waals surface area contributed by atoms with E-state index in [1.54, 1.807) is 44.7 Å². The van der Waals surface area contributed by atoms with Crippen LogP contribution in [0.25, 0.3) is 6.08 Å². The van der Waals surface area contributed by atoms with Gasteiger partial charge in [-0.2, -0.15) is 0 Å². The van der Waals surface area contributed by atoms with Crippen molar-refractivity contribution in [3.8, 4) is 23.1 Å². The maximum atomic E-state index is 12.6. The summed E-state index contributed by atoms with van der Waals surface area (Å²) in [5.74, 6) is 2.01. The minimum Gasteiger partial charge on any atom is -0.497 e. The van der Waals surface area contributed by atoms with E-state index in [4.69, 9.17) is 14.2 Å². The summed E-state index contributed by atoms with van der Waals surface area (Å²) < 4.78 is 16.6. The van der Waals surface area contributed by atoms with Crippen LogP contribution in [0, 0.1) is 0 Å². The number of ether oxygens (including phenoxy) is 3. The highest BCUT2D eigenvalue weighted by molar-refractivity contribution is 6.02. The number of pyridine rings is 1. The van der Waals surface area contributed by atoms with Crippen molar-refractivity contribution in [2.45, 2.75) is 26.2 Å². The summed E-state index contributed by atoms with van der Waals surface area (Å²) in [6.45, 7) is 6.36. The molecule has 0 spiro atoms. The molecule has 0 unspecified atom stereocenters. The van der Waals surface area contributed by atoms with Gasteiger partial charge >= 0.3 is 0 Å². The van der Waals surface area contributed by atoms with E-state index in [0.29, 0.717) is 28.8 Å². The van der Waals surface area contributed by atoms with Gasteiger partial charge in [0, 0.05) is 23.9 Å². The van der Waals surface area contributed by atoms with E-state index in [0.717, 1.165) is 11.1 Å². The van der Waals surface area contributed by atoms with E-state index in [2.05, 4.69) is 31.1 Å². The molecule has 1 heterocycles. The molecule has 6 nitrogen and oxygen atoms in total. The molecule has 0 fully saturated rings. The van der Waals surface area contributed by atoms with Crippen molar-refractivity contribution >= 4 is 17.7 Å². The predicted octanol–water partition coefficient (Wildman–Crippen LogP) is 5.84. The van der Waals surface area contributed by atoms with Crippen LogP contribution < -0.4 is 19.5 Å². The second-order valence-corrected chi connectivity index (χ2v) is 8.17. The molecule has 0 bridgehead atoms. The van der Waals surface area contributed by atoms with E-state index in [9.17, 15) is 4.79 Å². The molecule has 32 heavy (non-hydrogen) atoms. The van der Waals surface area contributed by atoms with E-state index < -0.39 is 0 Å². The fraction of sp³-hybridized carbons (Fsp3) is 0.231. The zero-order valence-corrected chi connectivity index (χ0v) is 19.0. The van der Waals surface area contributed by atoms with Crippen molar-refractivity contribution in [3.05, 3.63) is 78.0 Å². The number of methoxy groups -OCH3 is 2. The highest BCUT2D eigenvalue weighted by Gasteiger charge is 2.20. The Bertz CT molecular complexity index is 1090. The van der Waals surface area contributed by atoms with E-state index in [1.807, 2.05) is 36.4 Å². The largest absolute Gasteiger partial charge is 0.497 e. The third-order valence-corrected chi connectivity index (χ3v) is 4.73. The number of hydrogen-bond acceptors (Lipinski definition) is 5. The molecule has 0 aliphatic heterocycles. The Morgan fingerprint density at radius 2 is 1.66 bits per heavy atom. The first kappa shape index (κ1) is 22.9. The molecule has 1 aromatic heterocycles. The number of carbonyl (C=O) groups is 1. The van der Waals surface area contributed by atoms with Crippen molar-refractivity contribution in [2.75, 3.05) is 19.5 Å². The molecule has 3 aromatic rings. The standard InChI is InChI=1S/C26H28N2O4/c1-26(2,3)21-9-6-7-11-23(21)32-25-22(10-8-14-27-25)28-24(29)13-12-18-15-19(30-4)17-20(16-18)31-5/h6-17H,1-5H3,(H,28,29)/b13-12+. The summed E-state index contributed by atoms with van der Waals surface area (Å²) in [5, 5.41) is 2.84. The second kappa shape index (κ2) is 10.0. The zero-order valence-electron chi connectivity index (χ0n) is 19.0. The van der Waals surface area contributed by atoms with E-state index >= 15 is 0 Å². The molecule has 3 rings (SSSR count). The monoisotopic (exact) mass is 432 g/mol. The van der Waals surface area contributed by atoms with Crippen LogP contribution in [-0.2, 0) is 10.2 Å². The molecular formula is C26H28N2O4. The van der Waals surface area contributed by atoms with Crippen LogP contribution in [0.3, 0.4) is 0 Å². The smallest absolute Gasteiger partial charge is 0.248 e. The van der Waals surface area contributed by atoms with Crippen molar-refractivity contribution in [1.82, 2.24) is 4.98 Å². The molecule has 0 aliphatic carbocycles. The van der Waals surface area contributed by atoms with Crippen LogP contribution in [-0.4, -0.2) is 25.1 Å². The molecule has 1 amide bonds. The molecule has 6 heteroatoms. The van der Waals surface area contributed by atoms with Crippen LogP contribution in [0.2, 0.25) is 0 Å². The minimum absolute atomic E-state index is 0.102. The highest BCUT2D eigenvalue weighted by atomic mass is 16.5. The Morgan fingerprint density at radius 3 is 2.31 bits per heavy atom. The van der Waals surface area contributed by atoms with Crippen molar-refractivity contribution in [1.29, 1.82) is 0 Å². The zero-order chi connectivity index (χ0) is 23.1. The van der Waals surface area contributed by atoms with Crippen molar-refractivity contribution in [3.63, 3.8) is 0 Å². The van der Waals surface area contributed by atoms with Gasteiger partial charge in [-0.25, -0.2) is 4.98 Å². The lowest BCUT2D eigenvalue weighted by Gasteiger charge is -2.22. The van der Waals surface area contributed by atoms with Gasteiger partial charge in [-0.1, -0.05) is 39.0 Å². The Balaban J connectivity index is 1.79. The highest BCUT2D eigenvalue weighted by Crippen LogP contribution is 2.35. The van der Waals surface area contributed by atoms with Gasteiger partial charge < -0.3 is 19.5 Å². The predicted molar refractivity (Wildman–Crippen MR) is 127 cm³/mol. The van der Waals surface area contributed by atoms with Crippen LogP contribution in [0.5, 0.6) is 23.1 Å². The Hall–Kier alpha value is -3.80. The molecule has 2 aromatic carbocycles. The van der Waals surface area contributed by atoms with Gasteiger partial charge in [-0.05, 0) is 47.4 Å². The quantitative estimate of drug-likeness (QED) is 0.475. The molecule has 166 valence electrons. The fourth-order valence-electron chi connectivity index (χ4n) is 3.12. The van der Waals surface area contributed by atoms with Gasteiger partial charge in [0.15, 0.2) is 0 Å². The minimum atomic E-state index is -0.311. The number of rotatable bonds is 7. The normalized spacial score (nSPS) is 11.3. The number of benzene rings is 2. The first-order valence-electron chi connectivity index (χ1n) is 10.2. The molecule has 0 atom stereocenters. The maximum Gasteiger partial charge on any atom is 0.248 e. The lowest BCUT2D eigenvalue weighted by atomic mass is 9.86. The van der Waals surface area contributed by atoms with Gasteiger partial charge in [0.2, 0.25) is 11.8 Å². The summed E-state index contributed by atoms with van der Waals surface area (Å²) in [6.07, 6.45) is 4.75. The summed E-state index contributed by atoms with van der Waals surface area (Å²) in [6, 6.07) is 16.7. The SMILES string of the molecule is COc1cc(/C=C/C(=O)Nc2cccnc2Oc2ccccc2C(C)(C)C)cc(OC)c1. The van der Waals surface area contributed by atoms with Gasteiger partial charge in [-0.15, -0.1) is 0 Å². The van der Waals surface area contributed by atoms with Gasteiger partial charge in [-0.3, -0.25) is 4.79 Å². The number of hydrogen-bond donors (Lipinski definition) is 1. The number of nitrogens with zero attached hydrogens (tertiary/aromatic N) is 1. The van der Waals surface area contributed by atoms with Gasteiger partial charge in [0.25, 0.3) is 0 Å². The topological polar surface area (TPSA) is 69.7 Å². The van der Waals surface area contributed by atoms with Gasteiger partial charge in [0.1, 0.15) is 22.9 Å². The summed E-state index contributed by atoms with van der Waals surface area (Å²) in [7, 11) is 3.16. The van der Waals surface area contributed by atoms with Crippen LogP contribution in [0.4, 0.5) is 5.69 Å². The Kier molecular flexibility index (Phi) is 7.15. The number of para-hydroxylation sites is 1. The van der Waals surface area contributed by atoms with E-state index in [1.165, 1.54) is 6.08 Å².